The Labute approximate surface area is 172 Å². The fourth-order valence-corrected chi connectivity index (χ4v) is 3.74. The van der Waals surface area contributed by atoms with Crippen molar-refractivity contribution in [2.75, 3.05) is 24.2 Å². The normalized spacial score (nSPS) is 11.4. The molecule has 0 unspecified atom stereocenters. The highest BCUT2D eigenvalue weighted by molar-refractivity contribution is 7.99. The van der Waals surface area contributed by atoms with Crippen LogP contribution in [0.1, 0.15) is 25.1 Å². The van der Waals surface area contributed by atoms with Gasteiger partial charge in [-0.15, -0.1) is 11.3 Å². The van der Waals surface area contributed by atoms with Crippen LogP contribution < -0.4 is 10.6 Å². The number of carbonyl (C=O) groups excluding carboxylic acids is 1. The molecule has 3 heterocycles. The summed E-state index contributed by atoms with van der Waals surface area (Å²) in [6, 6.07) is 3.93. The molecule has 148 valence electrons. The number of nitrogens with one attached hydrogen (secondary N) is 2. The monoisotopic (exact) mass is 416 g/mol. The minimum atomic E-state index is -0.119. The van der Waals surface area contributed by atoms with Gasteiger partial charge in [0.05, 0.1) is 18.1 Å². The third kappa shape index (κ3) is 5.32. The molecule has 3 aromatic heterocycles. The zero-order valence-electron chi connectivity index (χ0n) is 16.0. The van der Waals surface area contributed by atoms with Crippen LogP contribution in [0.25, 0.3) is 17.1 Å². The number of amides is 1. The summed E-state index contributed by atoms with van der Waals surface area (Å²) in [4.78, 5) is 22.3. The topological polar surface area (TPSA) is 84.7 Å². The van der Waals surface area contributed by atoms with E-state index in [-0.39, 0.29) is 5.91 Å². The highest BCUT2D eigenvalue weighted by atomic mass is 32.2. The molecule has 0 aliphatic heterocycles. The van der Waals surface area contributed by atoms with Gasteiger partial charge in [-0.1, -0.05) is 31.7 Å². The molecule has 0 aromatic carbocycles. The molecule has 1 amide bonds. The molecule has 7 nitrogen and oxygen atoms in total. The van der Waals surface area contributed by atoms with Gasteiger partial charge in [-0.2, -0.15) is 5.10 Å². The lowest BCUT2D eigenvalue weighted by molar-refractivity contribution is -0.116. The molecule has 9 heteroatoms. The quantitative estimate of drug-likeness (QED) is 0.298. The first-order chi connectivity index (χ1) is 13.7. The number of thiophene rings is 1. The van der Waals surface area contributed by atoms with E-state index in [1.807, 2.05) is 28.3 Å². The van der Waals surface area contributed by atoms with E-state index in [1.165, 1.54) is 0 Å². The number of nitrogens with zero attached hydrogens (tertiary/aromatic N) is 4. The van der Waals surface area contributed by atoms with Crippen molar-refractivity contribution in [1.29, 1.82) is 0 Å². The highest BCUT2D eigenvalue weighted by Crippen LogP contribution is 2.24. The Hall–Kier alpha value is -2.39. The Morgan fingerprint density at radius 2 is 2.21 bits per heavy atom. The summed E-state index contributed by atoms with van der Waals surface area (Å²) in [5, 5.41) is 14.3. The van der Waals surface area contributed by atoms with Crippen molar-refractivity contribution >= 4 is 51.9 Å². The summed E-state index contributed by atoms with van der Waals surface area (Å²) in [6.07, 6.45) is 6.17. The first-order valence-corrected chi connectivity index (χ1v) is 11.2. The zero-order valence-corrected chi connectivity index (χ0v) is 17.6. The van der Waals surface area contributed by atoms with Crippen LogP contribution in [0, 0.1) is 0 Å². The largest absolute Gasteiger partial charge is 0.369 e. The van der Waals surface area contributed by atoms with Gasteiger partial charge < -0.3 is 10.6 Å². The highest BCUT2D eigenvalue weighted by Gasteiger charge is 2.13. The smallest absolute Gasteiger partial charge is 0.244 e. The lowest BCUT2D eigenvalue weighted by Crippen LogP contribution is -2.25. The van der Waals surface area contributed by atoms with Gasteiger partial charge in [0.2, 0.25) is 5.91 Å². The van der Waals surface area contributed by atoms with Crippen LogP contribution in [0.4, 0.5) is 5.82 Å². The maximum Gasteiger partial charge on any atom is 0.244 e. The van der Waals surface area contributed by atoms with E-state index in [1.54, 1.807) is 35.4 Å². The van der Waals surface area contributed by atoms with E-state index in [0.29, 0.717) is 13.1 Å². The molecule has 3 rings (SSSR count). The first kappa shape index (κ1) is 20.3. The van der Waals surface area contributed by atoms with E-state index >= 15 is 0 Å². The second kappa shape index (κ2) is 10.2. The number of thioether (sulfide) groups is 1. The van der Waals surface area contributed by atoms with Crippen molar-refractivity contribution < 1.29 is 4.79 Å². The zero-order chi connectivity index (χ0) is 19.8. The predicted molar refractivity (Wildman–Crippen MR) is 117 cm³/mol. The Balaban J connectivity index is 1.67. The van der Waals surface area contributed by atoms with E-state index in [0.717, 1.165) is 45.6 Å². The second-order valence-corrected chi connectivity index (χ2v) is 8.17. The summed E-state index contributed by atoms with van der Waals surface area (Å²) >= 11 is 3.20. The first-order valence-electron chi connectivity index (χ1n) is 9.31. The predicted octanol–water partition coefficient (Wildman–Crippen LogP) is 3.65. The number of anilines is 1. The van der Waals surface area contributed by atoms with Gasteiger partial charge in [0.1, 0.15) is 5.82 Å². The molecule has 0 saturated carbocycles. The summed E-state index contributed by atoms with van der Waals surface area (Å²) < 4.78 is 1.82. The molecule has 28 heavy (non-hydrogen) atoms. The molecular weight excluding hydrogens is 392 g/mol. The van der Waals surface area contributed by atoms with E-state index in [4.69, 9.17) is 0 Å². The molecule has 0 fully saturated rings. The van der Waals surface area contributed by atoms with Crippen LogP contribution >= 0.6 is 23.1 Å². The molecule has 0 bridgehead atoms. The Morgan fingerprint density at radius 1 is 1.32 bits per heavy atom. The Morgan fingerprint density at radius 3 is 2.96 bits per heavy atom. The lowest BCUT2D eigenvalue weighted by atomic mass is 10.3. The van der Waals surface area contributed by atoms with E-state index in [9.17, 15) is 4.79 Å². The van der Waals surface area contributed by atoms with Gasteiger partial charge in [-0.25, -0.2) is 14.6 Å². The molecule has 3 aromatic rings. The van der Waals surface area contributed by atoms with Gasteiger partial charge in [0, 0.05) is 24.0 Å². The van der Waals surface area contributed by atoms with E-state index < -0.39 is 0 Å². The van der Waals surface area contributed by atoms with E-state index in [2.05, 4.69) is 39.5 Å². The molecule has 0 saturated heterocycles. The van der Waals surface area contributed by atoms with Crippen LogP contribution in [-0.4, -0.2) is 44.5 Å². The van der Waals surface area contributed by atoms with Crippen molar-refractivity contribution in [3.63, 3.8) is 0 Å². The number of aromatic nitrogens is 4. The number of hydrogen-bond acceptors (Lipinski definition) is 7. The maximum absolute atomic E-state index is 12.0. The number of fused-ring (bicyclic) bond motifs is 1. The molecule has 0 atom stereocenters. The Bertz CT molecular complexity index is 935. The van der Waals surface area contributed by atoms with Crippen molar-refractivity contribution in [2.45, 2.75) is 32.0 Å². The third-order valence-corrected chi connectivity index (χ3v) is 5.42. The summed E-state index contributed by atoms with van der Waals surface area (Å²) in [5.74, 6) is 1.60. The molecule has 0 radical (unpaired) electrons. The fraction of sp³-hybridized carbons (Fsp3) is 0.368. The van der Waals surface area contributed by atoms with Crippen molar-refractivity contribution in [2.24, 2.45) is 0 Å². The molecule has 2 N–H and O–H groups in total. The van der Waals surface area contributed by atoms with Crippen LogP contribution in [0.15, 0.2) is 34.9 Å². The minimum Gasteiger partial charge on any atom is -0.369 e. The van der Waals surface area contributed by atoms with Gasteiger partial charge in [-0.3, -0.25) is 4.79 Å². The number of carbonyl (C=O) groups is 1. The SMILES string of the molecule is CCCNc1nc(SCC)nc2c1cnn2CCNC(=O)/C=C/c1cccs1. The third-order valence-electron chi connectivity index (χ3n) is 3.86. The Kier molecular flexibility index (Phi) is 7.44. The number of hydrogen-bond donors (Lipinski definition) is 2. The molecular formula is C19H24N6OS2. The summed E-state index contributed by atoms with van der Waals surface area (Å²) in [5.41, 5.74) is 0.785. The van der Waals surface area contributed by atoms with Gasteiger partial charge in [0.15, 0.2) is 10.8 Å². The van der Waals surface area contributed by atoms with Gasteiger partial charge in [-0.05, 0) is 29.7 Å². The van der Waals surface area contributed by atoms with Crippen LogP contribution in [0.3, 0.4) is 0 Å². The van der Waals surface area contributed by atoms with Crippen molar-refractivity contribution in [1.82, 2.24) is 25.1 Å². The average molecular weight is 417 g/mol. The van der Waals surface area contributed by atoms with Gasteiger partial charge in [0.25, 0.3) is 0 Å². The molecule has 0 aliphatic rings. The van der Waals surface area contributed by atoms with Crippen molar-refractivity contribution in [3.05, 3.63) is 34.7 Å². The van der Waals surface area contributed by atoms with Crippen molar-refractivity contribution in [3.8, 4) is 0 Å². The summed E-state index contributed by atoms with van der Waals surface area (Å²) in [7, 11) is 0. The van der Waals surface area contributed by atoms with Crippen LogP contribution in [-0.2, 0) is 11.3 Å². The summed E-state index contributed by atoms with van der Waals surface area (Å²) in [6.45, 7) is 6.06. The molecule has 0 aliphatic carbocycles. The van der Waals surface area contributed by atoms with Crippen LogP contribution in [0.5, 0.6) is 0 Å². The number of rotatable bonds is 10. The fourth-order valence-electron chi connectivity index (χ4n) is 2.56. The minimum absolute atomic E-state index is 0.119. The lowest BCUT2D eigenvalue weighted by Gasteiger charge is -2.08. The average Bonchev–Trinajstić information content (AvgIpc) is 3.35. The standard InChI is InChI=1S/C19H24N6OS2/c1-3-9-21-17-15-13-22-25(18(15)24-19(23-17)27-4-2)11-10-20-16(26)8-7-14-6-5-12-28-14/h5-8,12-13H,3-4,9-11H2,1-2H3,(H,20,26)(H,21,23,24)/b8-7+. The molecule has 0 spiro atoms. The second-order valence-electron chi connectivity index (χ2n) is 5.96. The van der Waals surface area contributed by atoms with Gasteiger partial charge >= 0.3 is 0 Å². The van der Waals surface area contributed by atoms with Crippen LogP contribution in [0.2, 0.25) is 0 Å². The maximum atomic E-state index is 12.0.